The molecule has 7 heteroatoms. The van der Waals surface area contributed by atoms with Crippen molar-refractivity contribution in [1.29, 1.82) is 0 Å². The molecule has 0 unspecified atom stereocenters. The summed E-state index contributed by atoms with van der Waals surface area (Å²) in [6.07, 6.45) is 0. The summed E-state index contributed by atoms with van der Waals surface area (Å²) in [7, 11) is -3.52. The van der Waals surface area contributed by atoms with Gasteiger partial charge in [0.1, 0.15) is 5.58 Å². The number of sulfonamides is 1. The zero-order chi connectivity index (χ0) is 22.3. The van der Waals surface area contributed by atoms with Gasteiger partial charge in [0.05, 0.1) is 4.90 Å². The largest absolute Gasteiger partial charge is 0.423 e. The van der Waals surface area contributed by atoms with Crippen molar-refractivity contribution in [1.82, 2.24) is 9.21 Å². The van der Waals surface area contributed by atoms with Crippen LogP contribution in [-0.4, -0.2) is 43.8 Å². The molecule has 0 atom stereocenters. The summed E-state index contributed by atoms with van der Waals surface area (Å²) in [5.41, 5.74) is 5.20. The molecule has 2 heterocycles. The van der Waals surface area contributed by atoms with Crippen LogP contribution in [-0.2, 0) is 16.6 Å². The predicted octanol–water partition coefficient (Wildman–Crippen LogP) is 3.53. The van der Waals surface area contributed by atoms with Gasteiger partial charge in [0.25, 0.3) is 0 Å². The standard InChI is InChI=1S/C24H28N2O4S/c1-16-5-6-23(19(4)11-16)31(28,29)26-9-7-25(8-10-26)15-20-14-24(27)30-22-13-18(3)17(2)12-21(20)22/h5-6,11-14H,7-10,15H2,1-4H3. The molecule has 0 spiro atoms. The monoisotopic (exact) mass is 440 g/mol. The number of hydrogen-bond donors (Lipinski definition) is 0. The number of rotatable bonds is 4. The topological polar surface area (TPSA) is 70.8 Å². The first-order valence-corrected chi connectivity index (χ1v) is 11.9. The zero-order valence-corrected chi connectivity index (χ0v) is 19.3. The molecule has 0 saturated carbocycles. The van der Waals surface area contributed by atoms with Gasteiger partial charge in [0.2, 0.25) is 10.0 Å². The Hall–Kier alpha value is -2.48. The molecule has 1 aliphatic rings. The zero-order valence-electron chi connectivity index (χ0n) is 18.4. The highest BCUT2D eigenvalue weighted by atomic mass is 32.2. The Labute approximate surface area is 183 Å². The normalized spacial score (nSPS) is 16.1. The number of piperazine rings is 1. The first-order valence-electron chi connectivity index (χ1n) is 10.5. The molecule has 6 nitrogen and oxygen atoms in total. The first kappa shape index (κ1) is 21.7. The predicted molar refractivity (Wildman–Crippen MR) is 122 cm³/mol. The van der Waals surface area contributed by atoms with Gasteiger partial charge >= 0.3 is 5.63 Å². The third-order valence-electron chi connectivity index (χ3n) is 6.12. The van der Waals surface area contributed by atoms with E-state index in [4.69, 9.17) is 4.42 Å². The van der Waals surface area contributed by atoms with Crippen molar-refractivity contribution in [3.05, 3.63) is 74.6 Å². The Morgan fingerprint density at radius 3 is 2.23 bits per heavy atom. The van der Waals surface area contributed by atoms with Gasteiger partial charge in [-0.05, 0) is 68.1 Å². The van der Waals surface area contributed by atoms with Gasteiger partial charge in [-0.15, -0.1) is 0 Å². The van der Waals surface area contributed by atoms with E-state index in [9.17, 15) is 13.2 Å². The maximum Gasteiger partial charge on any atom is 0.336 e. The van der Waals surface area contributed by atoms with Gasteiger partial charge in [-0.2, -0.15) is 4.31 Å². The van der Waals surface area contributed by atoms with Crippen molar-refractivity contribution in [2.75, 3.05) is 26.2 Å². The van der Waals surface area contributed by atoms with Crippen molar-refractivity contribution in [2.24, 2.45) is 0 Å². The minimum Gasteiger partial charge on any atom is -0.423 e. The van der Waals surface area contributed by atoms with Crippen molar-refractivity contribution < 1.29 is 12.8 Å². The van der Waals surface area contributed by atoms with E-state index in [0.717, 1.165) is 33.2 Å². The highest BCUT2D eigenvalue weighted by Gasteiger charge is 2.29. The van der Waals surface area contributed by atoms with E-state index in [1.807, 2.05) is 45.9 Å². The Kier molecular flexibility index (Phi) is 5.77. The van der Waals surface area contributed by atoms with Crippen molar-refractivity contribution in [3.63, 3.8) is 0 Å². The molecule has 4 rings (SSSR count). The highest BCUT2D eigenvalue weighted by molar-refractivity contribution is 7.89. The van der Waals surface area contributed by atoms with Gasteiger partial charge in [0, 0.05) is 44.2 Å². The molecule has 164 valence electrons. The Balaban J connectivity index is 1.52. The Bertz CT molecular complexity index is 1300. The molecule has 1 aromatic heterocycles. The van der Waals surface area contributed by atoms with E-state index >= 15 is 0 Å². The maximum atomic E-state index is 13.1. The summed E-state index contributed by atoms with van der Waals surface area (Å²) in [6, 6.07) is 11.0. The molecule has 1 aliphatic heterocycles. The van der Waals surface area contributed by atoms with E-state index in [1.54, 1.807) is 16.4 Å². The fraction of sp³-hybridized carbons (Fsp3) is 0.375. The Morgan fingerprint density at radius 2 is 1.55 bits per heavy atom. The summed E-state index contributed by atoms with van der Waals surface area (Å²) in [5.74, 6) is 0. The molecule has 3 aromatic rings. The first-order chi connectivity index (χ1) is 14.6. The summed E-state index contributed by atoms with van der Waals surface area (Å²) in [5, 5.41) is 0.938. The average molecular weight is 441 g/mol. The lowest BCUT2D eigenvalue weighted by Gasteiger charge is -2.34. The summed E-state index contributed by atoms with van der Waals surface area (Å²) in [6.45, 7) is 10.5. The molecule has 1 saturated heterocycles. The fourth-order valence-electron chi connectivity index (χ4n) is 4.21. The second kappa shape index (κ2) is 8.22. The minimum absolute atomic E-state index is 0.359. The van der Waals surface area contributed by atoms with Crippen LogP contribution in [0.1, 0.15) is 27.8 Å². The SMILES string of the molecule is Cc1ccc(S(=O)(=O)N2CCN(Cc3cc(=O)oc4cc(C)c(C)cc34)CC2)c(C)c1. The fourth-order valence-corrected chi connectivity index (χ4v) is 5.84. The van der Waals surface area contributed by atoms with Gasteiger partial charge in [0.15, 0.2) is 0 Å². The van der Waals surface area contributed by atoms with Crippen LogP contribution in [0.4, 0.5) is 0 Å². The van der Waals surface area contributed by atoms with E-state index in [1.165, 1.54) is 0 Å². The van der Waals surface area contributed by atoms with Crippen LogP contribution in [0.15, 0.2) is 50.5 Å². The van der Waals surface area contributed by atoms with Gasteiger partial charge in [-0.3, -0.25) is 4.90 Å². The van der Waals surface area contributed by atoms with Crippen LogP contribution in [0.3, 0.4) is 0 Å². The van der Waals surface area contributed by atoms with Gasteiger partial charge in [-0.25, -0.2) is 13.2 Å². The van der Waals surface area contributed by atoms with Crippen LogP contribution in [0.2, 0.25) is 0 Å². The van der Waals surface area contributed by atoms with Crippen molar-refractivity contribution in [3.8, 4) is 0 Å². The number of benzene rings is 2. The number of hydrogen-bond acceptors (Lipinski definition) is 5. The van der Waals surface area contributed by atoms with Gasteiger partial charge < -0.3 is 4.42 Å². The van der Waals surface area contributed by atoms with Crippen LogP contribution < -0.4 is 5.63 Å². The molecule has 1 fully saturated rings. The van der Waals surface area contributed by atoms with E-state index in [0.29, 0.717) is 43.2 Å². The van der Waals surface area contributed by atoms with Crippen LogP contribution in [0, 0.1) is 27.7 Å². The highest BCUT2D eigenvalue weighted by Crippen LogP contribution is 2.25. The molecule has 0 amide bonds. The second-order valence-corrected chi connectivity index (χ2v) is 10.4. The van der Waals surface area contributed by atoms with Crippen molar-refractivity contribution in [2.45, 2.75) is 39.1 Å². The molecule has 0 bridgehead atoms. The summed E-state index contributed by atoms with van der Waals surface area (Å²) >= 11 is 0. The third kappa shape index (κ3) is 4.31. The van der Waals surface area contributed by atoms with Gasteiger partial charge in [-0.1, -0.05) is 17.7 Å². The molecular weight excluding hydrogens is 412 g/mol. The summed E-state index contributed by atoms with van der Waals surface area (Å²) < 4.78 is 33.2. The lowest BCUT2D eigenvalue weighted by Crippen LogP contribution is -2.48. The molecule has 0 aliphatic carbocycles. The smallest absolute Gasteiger partial charge is 0.336 e. The molecule has 0 radical (unpaired) electrons. The van der Waals surface area contributed by atoms with Crippen LogP contribution >= 0.6 is 0 Å². The van der Waals surface area contributed by atoms with Crippen LogP contribution in [0.25, 0.3) is 11.0 Å². The lowest BCUT2D eigenvalue weighted by atomic mass is 10.0. The molecule has 31 heavy (non-hydrogen) atoms. The van der Waals surface area contributed by atoms with Crippen LogP contribution in [0.5, 0.6) is 0 Å². The second-order valence-electron chi connectivity index (χ2n) is 8.47. The minimum atomic E-state index is -3.52. The number of fused-ring (bicyclic) bond motifs is 1. The molecular formula is C24H28N2O4S. The maximum absolute atomic E-state index is 13.1. The lowest BCUT2D eigenvalue weighted by molar-refractivity contribution is 0.182. The average Bonchev–Trinajstić information content (AvgIpc) is 2.69. The molecule has 2 aromatic carbocycles. The quantitative estimate of drug-likeness (QED) is 0.581. The van der Waals surface area contributed by atoms with E-state index in [-0.39, 0.29) is 5.63 Å². The van der Waals surface area contributed by atoms with Crippen molar-refractivity contribution >= 4 is 21.0 Å². The molecule has 0 N–H and O–H groups in total. The Morgan fingerprint density at radius 1 is 0.871 bits per heavy atom. The summed E-state index contributed by atoms with van der Waals surface area (Å²) in [4.78, 5) is 14.6. The number of aryl methyl sites for hydroxylation is 4. The van der Waals surface area contributed by atoms with E-state index < -0.39 is 10.0 Å². The number of nitrogens with zero attached hydrogens (tertiary/aromatic N) is 2. The van der Waals surface area contributed by atoms with E-state index in [2.05, 4.69) is 11.0 Å². The third-order valence-corrected chi connectivity index (χ3v) is 8.18.